The zero-order chi connectivity index (χ0) is 17.1. The summed E-state index contributed by atoms with van der Waals surface area (Å²) in [6.07, 6.45) is 0. The van der Waals surface area contributed by atoms with E-state index in [4.69, 9.17) is 4.74 Å². The molecule has 0 radical (unpaired) electrons. The van der Waals surface area contributed by atoms with Crippen molar-refractivity contribution in [3.8, 4) is 5.75 Å². The molecule has 0 aliphatic carbocycles. The van der Waals surface area contributed by atoms with Crippen molar-refractivity contribution in [2.24, 2.45) is 0 Å². The average molecular weight is 324 g/mol. The Kier molecular flexibility index (Phi) is 4.46. The first-order valence-electron chi connectivity index (χ1n) is 7.98. The fourth-order valence-electron chi connectivity index (χ4n) is 2.51. The molecular formula is C18H20N4O2. The first-order chi connectivity index (χ1) is 11.6. The number of rotatable bonds is 5. The Balaban J connectivity index is 1.87. The van der Waals surface area contributed by atoms with Crippen LogP contribution in [-0.4, -0.2) is 27.5 Å². The lowest BCUT2D eigenvalue weighted by molar-refractivity contribution is 0.102. The van der Waals surface area contributed by atoms with E-state index in [2.05, 4.69) is 15.6 Å². The Bertz CT molecular complexity index is 870. The molecule has 0 atom stereocenters. The normalized spacial score (nSPS) is 11.0. The van der Waals surface area contributed by atoms with E-state index >= 15 is 0 Å². The van der Waals surface area contributed by atoms with Crippen molar-refractivity contribution in [2.45, 2.75) is 26.8 Å². The van der Waals surface area contributed by atoms with E-state index in [1.807, 2.05) is 55.8 Å². The van der Waals surface area contributed by atoms with Gasteiger partial charge in [0.25, 0.3) is 5.91 Å². The molecule has 0 aliphatic heterocycles. The van der Waals surface area contributed by atoms with Gasteiger partial charge in [0.05, 0.1) is 17.8 Å². The maximum Gasteiger partial charge on any atom is 0.255 e. The van der Waals surface area contributed by atoms with Crippen LogP contribution in [0.2, 0.25) is 0 Å². The van der Waals surface area contributed by atoms with Gasteiger partial charge >= 0.3 is 0 Å². The fraction of sp³-hybridized carbons (Fsp3) is 0.278. The minimum absolute atomic E-state index is 0.205. The van der Waals surface area contributed by atoms with Crippen molar-refractivity contribution in [3.63, 3.8) is 0 Å². The highest BCUT2D eigenvalue weighted by atomic mass is 16.5. The smallest absolute Gasteiger partial charge is 0.255 e. The zero-order valence-electron chi connectivity index (χ0n) is 14.0. The maximum atomic E-state index is 12.5. The van der Waals surface area contributed by atoms with Crippen molar-refractivity contribution in [2.75, 3.05) is 11.9 Å². The third-order valence-corrected chi connectivity index (χ3v) is 3.66. The second-order valence-corrected chi connectivity index (χ2v) is 5.71. The molecule has 1 aromatic heterocycles. The Hall–Kier alpha value is -2.89. The molecule has 1 heterocycles. The van der Waals surface area contributed by atoms with Crippen molar-refractivity contribution < 1.29 is 9.53 Å². The summed E-state index contributed by atoms with van der Waals surface area (Å²) in [6, 6.07) is 13.0. The van der Waals surface area contributed by atoms with Gasteiger partial charge in [-0.25, -0.2) is 4.68 Å². The summed E-state index contributed by atoms with van der Waals surface area (Å²) >= 11 is 0. The average Bonchev–Trinajstić information content (AvgIpc) is 3.00. The van der Waals surface area contributed by atoms with Crippen LogP contribution in [0.3, 0.4) is 0 Å². The topological polar surface area (TPSA) is 69.0 Å². The van der Waals surface area contributed by atoms with Gasteiger partial charge in [0.15, 0.2) is 0 Å². The standard InChI is InChI=1S/C18H20N4O2/c1-4-24-17-8-6-5-7-14(17)19-18(23)13-9-10-16-15(11-13)20-21-22(16)12(2)3/h5-12H,4H2,1-3H3,(H,19,23). The van der Waals surface area contributed by atoms with Crippen LogP contribution in [-0.2, 0) is 0 Å². The lowest BCUT2D eigenvalue weighted by atomic mass is 10.1. The minimum atomic E-state index is -0.205. The highest BCUT2D eigenvalue weighted by molar-refractivity contribution is 6.06. The third-order valence-electron chi connectivity index (χ3n) is 3.66. The minimum Gasteiger partial charge on any atom is -0.492 e. The van der Waals surface area contributed by atoms with Gasteiger partial charge in [0.1, 0.15) is 11.3 Å². The maximum absolute atomic E-state index is 12.5. The van der Waals surface area contributed by atoms with Crippen LogP contribution in [0.4, 0.5) is 5.69 Å². The lowest BCUT2D eigenvalue weighted by Crippen LogP contribution is -2.13. The number of nitrogens with one attached hydrogen (secondary N) is 1. The molecule has 0 unspecified atom stereocenters. The molecule has 0 spiro atoms. The number of carbonyl (C=O) groups excluding carboxylic acids is 1. The van der Waals surface area contributed by atoms with Gasteiger partial charge in [-0.15, -0.1) is 5.10 Å². The van der Waals surface area contributed by atoms with Gasteiger partial charge < -0.3 is 10.1 Å². The van der Waals surface area contributed by atoms with E-state index in [0.717, 1.165) is 5.52 Å². The number of anilines is 1. The molecule has 0 saturated heterocycles. The van der Waals surface area contributed by atoms with E-state index in [0.29, 0.717) is 29.1 Å². The number of ether oxygens (including phenoxy) is 1. The molecular weight excluding hydrogens is 304 g/mol. The first-order valence-corrected chi connectivity index (χ1v) is 7.98. The number of nitrogens with zero attached hydrogens (tertiary/aromatic N) is 3. The molecule has 2 aromatic carbocycles. The van der Waals surface area contributed by atoms with Crippen molar-refractivity contribution in [1.29, 1.82) is 0 Å². The van der Waals surface area contributed by atoms with Gasteiger partial charge in [0, 0.05) is 11.6 Å². The van der Waals surface area contributed by atoms with E-state index in [1.165, 1.54) is 0 Å². The SMILES string of the molecule is CCOc1ccccc1NC(=O)c1ccc2c(c1)nnn2C(C)C. The van der Waals surface area contributed by atoms with Crippen LogP contribution in [0.5, 0.6) is 5.75 Å². The molecule has 6 nitrogen and oxygen atoms in total. The Morgan fingerprint density at radius 2 is 2.04 bits per heavy atom. The van der Waals surface area contributed by atoms with E-state index in [1.54, 1.807) is 12.1 Å². The molecule has 0 fully saturated rings. The highest BCUT2D eigenvalue weighted by Crippen LogP contribution is 2.25. The number of para-hydroxylation sites is 2. The number of fused-ring (bicyclic) bond motifs is 1. The van der Waals surface area contributed by atoms with Crippen molar-refractivity contribution in [1.82, 2.24) is 15.0 Å². The molecule has 3 aromatic rings. The summed E-state index contributed by atoms with van der Waals surface area (Å²) in [5, 5.41) is 11.2. The van der Waals surface area contributed by atoms with Crippen LogP contribution in [0.25, 0.3) is 11.0 Å². The zero-order valence-corrected chi connectivity index (χ0v) is 14.0. The third kappa shape index (κ3) is 3.08. The largest absolute Gasteiger partial charge is 0.492 e. The molecule has 3 rings (SSSR count). The van der Waals surface area contributed by atoms with Crippen LogP contribution in [0.15, 0.2) is 42.5 Å². The van der Waals surface area contributed by atoms with Gasteiger partial charge in [0.2, 0.25) is 0 Å². The monoisotopic (exact) mass is 324 g/mol. The Labute approximate surface area is 140 Å². The predicted molar refractivity (Wildman–Crippen MR) is 93.5 cm³/mol. The van der Waals surface area contributed by atoms with Gasteiger partial charge in [-0.2, -0.15) is 0 Å². The van der Waals surface area contributed by atoms with Gasteiger partial charge in [-0.1, -0.05) is 17.3 Å². The van der Waals surface area contributed by atoms with Crippen LogP contribution in [0.1, 0.15) is 37.2 Å². The highest BCUT2D eigenvalue weighted by Gasteiger charge is 2.13. The van der Waals surface area contributed by atoms with Gasteiger partial charge in [-0.05, 0) is 51.1 Å². The van der Waals surface area contributed by atoms with E-state index in [9.17, 15) is 4.79 Å². The molecule has 1 amide bonds. The van der Waals surface area contributed by atoms with E-state index < -0.39 is 0 Å². The quantitative estimate of drug-likeness (QED) is 0.777. The van der Waals surface area contributed by atoms with Crippen molar-refractivity contribution >= 4 is 22.6 Å². The molecule has 1 N–H and O–H groups in total. The van der Waals surface area contributed by atoms with Crippen LogP contribution < -0.4 is 10.1 Å². The Morgan fingerprint density at radius 3 is 2.79 bits per heavy atom. The second-order valence-electron chi connectivity index (χ2n) is 5.71. The summed E-state index contributed by atoms with van der Waals surface area (Å²) in [4.78, 5) is 12.5. The van der Waals surface area contributed by atoms with Crippen molar-refractivity contribution in [3.05, 3.63) is 48.0 Å². The fourth-order valence-corrected chi connectivity index (χ4v) is 2.51. The number of carbonyl (C=O) groups is 1. The summed E-state index contributed by atoms with van der Waals surface area (Å²) in [5.74, 6) is 0.448. The number of hydrogen-bond donors (Lipinski definition) is 1. The number of benzene rings is 2. The second kappa shape index (κ2) is 6.70. The first kappa shape index (κ1) is 16.0. The summed E-state index contributed by atoms with van der Waals surface area (Å²) in [6.45, 7) is 6.53. The van der Waals surface area contributed by atoms with E-state index in [-0.39, 0.29) is 11.9 Å². The van der Waals surface area contributed by atoms with Crippen LogP contribution >= 0.6 is 0 Å². The molecule has 124 valence electrons. The lowest BCUT2D eigenvalue weighted by Gasteiger charge is -2.11. The molecule has 24 heavy (non-hydrogen) atoms. The molecule has 0 bridgehead atoms. The molecule has 0 aliphatic rings. The number of amides is 1. The van der Waals surface area contributed by atoms with Gasteiger partial charge in [-0.3, -0.25) is 4.79 Å². The predicted octanol–water partition coefficient (Wildman–Crippen LogP) is 3.66. The summed E-state index contributed by atoms with van der Waals surface area (Å²) in [5.41, 5.74) is 2.80. The number of aromatic nitrogens is 3. The number of hydrogen-bond acceptors (Lipinski definition) is 4. The van der Waals surface area contributed by atoms with Crippen LogP contribution in [0, 0.1) is 0 Å². The summed E-state index contributed by atoms with van der Waals surface area (Å²) in [7, 11) is 0. The summed E-state index contributed by atoms with van der Waals surface area (Å²) < 4.78 is 7.37. The Morgan fingerprint density at radius 1 is 1.25 bits per heavy atom. The molecule has 6 heteroatoms. The molecule has 0 saturated carbocycles.